The molecule has 2 rings (SSSR count). The molecule has 1 N–H and O–H groups in total. The van der Waals surface area contributed by atoms with Crippen LogP contribution in [-0.4, -0.2) is 18.7 Å². The largest absolute Gasteiger partial charge is 0.490 e. The van der Waals surface area contributed by atoms with Crippen molar-refractivity contribution in [2.75, 3.05) is 6.54 Å². The number of halogens is 2. The molecule has 0 aromatic heterocycles. The first-order chi connectivity index (χ1) is 9.57. The third-order valence-electron chi connectivity index (χ3n) is 4.72. The SMILES string of the molecule is CCNC1CC(Oc2ccc(F)c(F)c2)C1(CC)CC. The maximum atomic E-state index is 13.2. The van der Waals surface area contributed by atoms with E-state index in [4.69, 9.17) is 4.74 Å². The highest BCUT2D eigenvalue weighted by atomic mass is 19.2. The summed E-state index contributed by atoms with van der Waals surface area (Å²) in [4.78, 5) is 0. The molecule has 1 aliphatic rings. The van der Waals surface area contributed by atoms with Gasteiger partial charge in [0.15, 0.2) is 11.6 Å². The van der Waals surface area contributed by atoms with E-state index in [2.05, 4.69) is 26.1 Å². The maximum absolute atomic E-state index is 13.2. The average Bonchev–Trinajstić information content (AvgIpc) is 2.43. The van der Waals surface area contributed by atoms with Gasteiger partial charge in [0.05, 0.1) is 0 Å². The summed E-state index contributed by atoms with van der Waals surface area (Å²) in [6.45, 7) is 7.35. The summed E-state index contributed by atoms with van der Waals surface area (Å²) in [6.07, 6.45) is 2.99. The Kier molecular flexibility index (Phi) is 4.63. The third kappa shape index (κ3) is 2.53. The van der Waals surface area contributed by atoms with Crippen LogP contribution in [0.25, 0.3) is 0 Å². The predicted molar refractivity (Wildman–Crippen MR) is 75.9 cm³/mol. The Morgan fingerprint density at radius 1 is 1.20 bits per heavy atom. The molecule has 0 spiro atoms. The van der Waals surface area contributed by atoms with E-state index < -0.39 is 11.6 Å². The zero-order valence-corrected chi connectivity index (χ0v) is 12.4. The molecule has 1 aromatic carbocycles. The average molecular weight is 283 g/mol. The Morgan fingerprint density at radius 2 is 1.90 bits per heavy atom. The van der Waals surface area contributed by atoms with Gasteiger partial charge in [-0.25, -0.2) is 8.78 Å². The molecule has 0 radical (unpaired) electrons. The number of hydrogen-bond acceptors (Lipinski definition) is 2. The van der Waals surface area contributed by atoms with E-state index >= 15 is 0 Å². The van der Waals surface area contributed by atoms with E-state index in [1.54, 1.807) is 0 Å². The summed E-state index contributed by atoms with van der Waals surface area (Å²) in [6, 6.07) is 4.18. The zero-order chi connectivity index (χ0) is 14.8. The van der Waals surface area contributed by atoms with Gasteiger partial charge in [-0.3, -0.25) is 0 Å². The molecule has 0 amide bonds. The lowest BCUT2D eigenvalue weighted by molar-refractivity contribution is -0.0855. The van der Waals surface area contributed by atoms with Crippen molar-refractivity contribution in [3.8, 4) is 5.75 Å². The predicted octanol–water partition coefficient (Wildman–Crippen LogP) is 3.90. The quantitative estimate of drug-likeness (QED) is 0.855. The van der Waals surface area contributed by atoms with Crippen molar-refractivity contribution >= 4 is 0 Å². The minimum absolute atomic E-state index is 0.0615. The van der Waals surface area contributed by atoms with E-state index in [-0.39, 0.29) is 11.5 Å². The molecule has 1 aliphatic carbocycles. The molecule has 1 saturated carbocycles. The van der Waals surface area contributed by atoms with Gasteiger partial charge in [-0.05, 0) is 31.5 Å². The standard InChI is InChI=1S/C16H23F2NO/c1-4-16(5-2)14(19-6-3)10-15(16)20-11-7-8-12(17)13(18)9-11/h7-9,14-15,19H,4-6,10H2,1-3H3. The van der Waals surface area contributed by atoms with Crippen LogP contribution < -0.4 is 10.1 Å². The van der Waals surface area contributed by atoms with Crippen molar-refractivity contribution < 1.29 is 13.5 Å². The maximum Gasteiger partial charge on any atom is 0.162 e. The molecule has 20 heavy (non-hydrogen) atoms. The van der Waals surface area contributed by atoms with Crippen molar-refractivity contribution in [3.05, 3.63) is 29.8 Å². The van der Waals surface area contributed by atoms with Crippen LogP contribution in [0, 0.1) is 17.0 Å². The Balaban J connectivity index is 2.11. The zero-order valence-electron chi connectivity index (χ0n) is 12.4. The monoisotopic (exact) mass is 283 g/mol. The Labute approximate surface area is 119 Å². The third-order valence-corrected chi connectivity index (χ3v) is 4.72. The van der Waals surface area contributed by atoms with E-state index in [1.807, 2.05) is 0 Å². The van der Waals surface area contributed by atoms with E-state index in [0.717, 1.165) is 37.9 Å². The van der Waals surface area contributed by atoms with Crippen molar-refractivity contribution in [1.82, 2.24) is 5.32 Å². The van der Waals surface area contributed by atoms with Gasteiger partial charge in [0.1, 0.15) is 11.9 Å². The Morgan fingerprint density at radius 3 is 2.45 bits per heavy atom. The molecule has 0 bridgehead atoms. The Bertz CT molecular complexity index is 460. The molecule has 1 fully saturated rings. The topological polar surface area (TPSA) is 21.3 Å². The molecular weight excluding hydrogens is 260 g/mol. The highest BCUT2D eigenvalue weighted by Crippen LogP contribution is 2.49. The molecular formula is C16H23F2NO. The molecule has 0 saturated heterocycles. The number of nitrogens with one attached hydrogen (secondary N) is 1. The van der Waals surface area contributed by atoms with Crippen molar-refractivity contribution in [1.29, 1.82) is 0 Å². The van der Waals surface area contributed by atoms with E-state index in [9.17, 15) is 8.78 Å². The van der Waals surface area contributed by atoms with Crippen LogP contribution in [0.1, 0.15) is 40.0 Å². The summed E-state index contributed by atoms with van der Waals surface area (Å²) in [5, 5.41) is 3.50. The fourth-order valence-corrected chi connectivity index (χ4v) is 3.36. The first-order valence-electron chi connectivity index (χ1n) is 7.42. The van der Waals surface area contributed by atoms with Crippen LogP contribution in [0.2, 0.25) is 0 Å². The number of hydrogen-bond donors (Lipinski definition) is 1. The van der Waals surface area contributed by atoms with Crippen LogP contribution in [-0.2, 0) is 0 Å². The first kappa shape index (κ1) is 15.2. The summed E-state index contributed by atoms with van der Waals surface area (Å²) in [5.41, 5.74) is 0.0842. The van der Waals surface area contributed by atoms with Crippen LogP contribution >= 0.6 is 0 Å². The van der Waals surface area contributed by atoms with E-state index in [1.165, 1.54) is 6.07 Å². The van der Waals surface area contributed by atoms with Crippen LogP contribution in [0.5, 0.6) is 5.75 Å². The molecule has 0 heterocycles. The molecule has 2 atom stereocenters. The van der Waals surface area contributed by atoms with E-state index in [0.29, 0.717) is 11.8 Å². The molecule has 2 nitrogen and oxygen atoms in total. The van der Waals surface area contributed by atoms with Gasteiger partial charge < -0.3 is 10.1 Å². The molecule has 0 aliphatic heterocycles. The van der Waals surface area contributed by atoms with Crippen molar-refractivity contribution in [3.63, 3.8) is 0 Å². The van der Waals surface area contributed by atoms with Gasteiger partial charge in [-0.1, -0.05) is 20.8 Å². The minimum Gasteiger partial charge on any atom is -0.490 e. The van der Waals surface area contributed by atoms with Crippen LogP contribution in [0.3, 0.4) is 0 Å². The van der Waals surface area contributed by atoms with Gasteiger partial charge in [0.25, 0.3) is 0 Å². The van der Waals surface area contributed by atoms with Crippen molar-refractivity contribution in [2.24, 2.45) is 5.41 Å². The highest BCUT2D eigenvalue weighted by molar-refractivity contribution is 5.25. The number of ether oxygens (including phenoxy) is 1. The molecule has 1 aromatic rings. The summed E-state index contributed by atoms with van der Waals surface area (Å²) in [7, 11) is 0. The molecule has 112 valence electrons. The Hall–Kier alpha value is -1.16. The van der Waals surface area contributed by atoms with Gasteiger partial charge in [-0.2, -0.15) is 0 Å². The normalized spacial score (nSPS) is 24.2. The molecule has 4 heteroatoms. The second-order valence-electron chi connectivity index (χ2n) is 5.47. The lowest BCUT2D eigenvalue weighted by Gasteiger charge is -2.55. The number of benzene rings is 1. The van der Waals surface area contributed by atoms with Crippen molar-refractivity contribution in [2.45, 2.75) is 52.2 Å². The fraction of sp³-hybridized carbons (Fsp3) is 0.625. The minimum atomic E-state index is -0.858. The lowest BCUT2D eigenvalue weighted by Crippen LogP contribution is -2.64. The highest BCUT2D eigenvalue weighted by Gasteiger charge is 2.53. The fourth-order valence-electron chi connectivity index (χ4n) is 3.36. The molecule has 2 unspecified atom stereocenters. The van der Waals surface area contributed by atoms with Crippen LogP contribution in [0.4, 0.5) is 8.78 Å². The first-order valence-corrected chi connectivity index (χ1v) is 7.42. The summed E-state index contributed by atoms with van der Waals surface area (Å²) >= 11 is 0. The van der Waals surface area contributed by atoms with Gasteiger partial charge >= 0.3 is 0 Å². The van der Waals surface area contributed by atoms with Gasteiger partial charge in [0, 0.05) is 23.9 Å². The lowest BCUT2D eigenvalue weighted by atomic mass is 9.58. The summed E-state index contributed by atoms with van der Waals surface area (Å²) < 4.78 is 32.1. The number of rotatable bonds is 6. The summed E-state index contributed by atoms with van der Waals surface area (Å²) in [5.74, 6) is -1.28. The smallest absolute Gasteiger partial charge is 0.162 e. The second-order valence-corrected chi connectivity index (χ2v) is 5.47. The van der Waals surface area contributed by atoms with Gasteiger partial charge in [-0.15, -0.1) is 0 Å². The van der Waals surface area contributed by atoms with Crippen LogP contribution in [0.15, 0.2) is 18.2 Å². The van der Waals surface area contributed by atoms with Gasteiger partial charge in [0.2, 0.25) is 0 Å². The second kappa shape index (κ2) is 6.08.